The predicted molar refractivity (Wildman–Crippen MR) is 77.5 cm³/mol. The fourth-order valence-electron chi connectivity index (χ4n) is 1.46. The average molecular weight is 306 g/mol. The molecule has 2 aromatic heterocycles. The first-order chi connectivity index (χ1) is 8.22. The zero-order valence-corrected chi connectivity index (χ0v) is 12.1. The van der Waals surface area contributed by atoms with Crippen LogP contribution in [0.15, 0.2) is 24.4 Å². The molecule has 0 aliphatic rings. The molecule has 0 aliphatic heterocycles. The number of nitrogens with zero attached hydrogens (tertiary/aromatic N) is 3. The summed E-state index contributed by atoms with van der Waals surface area (Å²) < 4.78 is 1.84. The van der Waals surface area contributed by atoms with E-state index in [-0.39, 0.29) is 36.6 Å². The van der Waals surface area contributed by atoms with Crippen LogP contribution in [0, 0.1) is 5.92 Å². The Morgan fingerprint density at radius 1 is 1.42 bits per heavy atom. The lowest BCUT2D eigenvalue weighted by Gasteiger charge is -2.08. The first-order valence-corrected chi connectivity index (χ1v) is 5.49. The zero-order chi connectivity index (χ0) is 12.3. The molecule has 2 aromatic rings. The molecule has 6 nitrogen and oxygen atoms in total. The lowest BCUT2D eigenvalue weighted by atomic mass is 10.2. The number of carbonyl (C=O) groups is 1. The van der Waals surface area contributed by atoms with Crippen LogP contribution in [0.1, 0.15) is 12.7 Å². The Morgan fingerprint density at radius 2 is 2.16 bits per heavy atom. The molecule has 0 aliphatic carbocycles. The number of hydrogen-bond acceptors (Lipinski definition) is 4. The van der Waals surface area contributed by atoms with Crippen LogP contribution < -0.4 is 11.1 Å². The van der Waals surface area contributed by atoms with Crippen LogP contribution in [-0.4, -0.2) is 27.0 Å². The number of carbonyl (C=O) groups excluding carboxylic acids is 1. The number of pyridine rings is 1. The molecule has 0 fully saturated rings. The van der Waals surface area contributed by atoms with E-state index < -0.39 is 0 Å². The van der Waals surface area contributed by atoms with Crippen molar-refractivity contribution in [1.82, 2.24) is 19.9 Å². The number of aromatic nitrogens is 3. The molecular weight excluding hydrogens is 289 g/mol. The van der Waals surface area contributed by atoms with Gasteiger partial charge in [0.2, 0.25) is 5.91 Å². The van der Waals surface area contributed by atoms with Gasteiger partial charge in [-0.3, -0.25) is 9.20 Å². The highest BCUT2D eigenvalue weighted by Gasteiger charge is 2.11. The quantitative estimate of drug-likeness (QED) is 0.874. The molecule has 106 valence electrons. The van der Waals surface area contributed by atoms with Crippen LogP contribution in [0.25, 0.3) is 5.65 Å². The average Bonchev–Trinajstić information content (AvgIpc) is 2.78. The van der Waals surface area contributed by atoms with Crippen molar-refractivity contribution >= 4 is 36.4 Å². The lowest BCUT2D eigenvalue weighted by molar-refractivity contribution is -0.124. The van der Waals surface area contributed by atoms with Gasteiger partial charge in [-0.1, -0.05) is 13.0 Å². The van der Waals surface area contributed by atoms with Crippen molar-refractivity contribution < 1.29 is 4.79 Å². The van der Waals surface area contributed by atoms with Gasteiger partial charge in [0.05, 0.1) is 6.54 Å². The standard InChI is InChI=1S/C11H15N5O.2ClH/c1-8(6-12)11(17)13-7-10-15-14-9-4-2-3-5-16(9)10;;/h2-5,8H,6-7,12H2,1H3,(H,13,17);2*1H. The Balaban J connectivity index is 0.00000162. The Hall–Kier alpha value is -1.37. The first kappa shape index (κ1) is 17.6. The van der Waals surface area contributed by atoms with E-state index in [1.54, 1.807) is 6.92 Å². The summed E-state index contributed by atoms with van der Waals surface area (Å²) in [5.41, 5.74) is 6.19. The summed E-state index contributed by atoms with van der Waals surface area (Å²) in [6.45, 7) is 2.48. The van der Waals surface area contributed by atoms with E-state index in [1.165, 1.54) is 0 Å². The van der Waals surface area contributed by atoms with Crippen LogP contribution >= 0.6 is 24.8 Å². The Kier molecular flexibility index (Phi) is 7.36. The number of nitrogens with one attached hydrogen (secondary N) is 1. The summed E-state index contributed by atoms with van der Waals surface area (Å²) in [6.07, 6.45) is 1.86. The summed E-state index contributed by atoms with van der Waals surface area (Å²) in [5.74, 6) is 0.451. The number of nitrogens with two attached hydrogens (primary N) is 1. The van der Waals surface area contributed by atoms with Crippen molar-refractivity contribution in [3.63, 3.8) is 0 Å². The number of fused-ring (bicyclic) bond motifs is 1. The van der Waals surface area contributed by atoms with Gasteiger partial charge in [-0.15, -0.1) is 35.0 Å². The summed E-state index contributed by atoms with van der Waals surface area (Å²) in [6, 6.07) is 5.65. The molecule has 8 heteroatoms. The molecule has 0 spiro atoms. The van der Waals surface area contributed by atoms with Gasteiger partial charge in [-0.25, -0.2) is 0 Å². The van der Waals surface area contributed by atoms with Gasteiger partial charge in [0.15, 0.2) is 11.5 Å². The first-order valence-electron chi connectivity index (χ1n) is 5.49. The molecule has 0 bridgehead atoms. The molecule has 0 saturated carbocycles. The third kappa shape index (κ3) is 4.05. The minimum atomic E-state index is -0.186. The second-order valence-electron chi connectivity index (χ2n) is 3.90. The summed E-state index contributed by atoms with van der Waals surface area (Å²) in [5, 5.41) is 10.8. The van der Waals surface area contributed by atoms with Crippen molar-refractivity contribution in [2.45, 2.75) is 13.5 Å². The van der Waals surface area contributed by atoms with E-state index in [0.29, 0.717) is 18.9 Å². The molecule has 2 heterocycles. The molecular formula is C11H17Cl2N5O. The highest BCUT2D eigenvalue weighted by molar-refractivity contribution is 5.85. The predicted octanol–water partition coefficient (Wildman–Crippen LogP) is 0.784. The highest BCUT2D eigenvalue weighted by Crippen LogP contribution is 2.02. The second-order valence-corrected chi connectivity index (χ2v) is 3.90. The van der Waals surface area contributed by atoms with Crippen LogP contribution in [-0.2, 0) is 11.3 Å². The number of rotatable bonds is 4. The van der Waals surface area contributed by atoms with Gasteiger partial charge >= 0.3 is 0 Å². The highest BCUT2D eigenvalue weighted by atomic mass is 35.5. The van der Waals surface area contributed by atoms with E-state index in [2.05, 4.69) is 15.5 Å². The summed E-state index contributed by atoms with van der Waals surface area (Å²) >= 11 is 0. The molecule has 0 saturated heterocycles. The van der Waals surface area contributed by atoms with Crippen LogP contribution in [0.2, 0.25) is 0 Å². The summed E-state index contributed by atoms with van der Waals surface area (Å²) in [4.78, 5) is 11.6. The van der Waals surface area contributed by atoms with Crippen molar-refractivity contribution in [2.75, 3.05) is 6.54 Å². The fraction of sp³-hybridized carbons (Fsp3) is 0.364. The van der Waals surface area contributed by atoms with Crippen LogP contribution in [0.3, 0.4) is 0 Å². The van der Waals surface area contributed by atoms with Gasteiger partial charge in [0.1, 0.15) is 0 Å². The minimum Gasteiger partial charge on any atom is -0.349 e. The summed E-state index contributed by atoms with van der Waals surface area (Å²) in [7, 11) is 0. The molecule has 1 unspecified atom stereocenters. The van der Waals surface area contributed by atoms with Gasteiger partial charge in [-0.05, 0) is 12.1 Å². The molecule has 2 rings (SSSR count). The van der Waals surface area contributed by atoms with Crippen molar-refractivity contribution in [3.8, 4) is 0 Å². The van der Waals surface area contributed by atoms with Gasteiger partial charge in [0.25, 0.3) is 0 Å². The van der Waals surface area contributed by atoms with E-state index in [9.17, 15) is 4.79 Å². The van der Waals surface area contributed by atoms with Gasteiger partial charge < -0.3 is 11.1 Å². The molecule has 1 atom stereocenters. The van der Waals surface area contributed by atoms with Crippen LogP contribution in [0.4, 0.5) is 0 Å². The number of amides is 1. The Morgan fingerprint density at radius 3 is 2.84 bits per heavy atom. The maximum atomic E-state index is 11.6. The molecule has 19 heavy (non-hydrogen) atoms. The largest absolute Gasteiger partial charge is 0.349 e. The van der Waals surface area contributed by atoms with E-state index >= 15 is 0 Å². The maximum Gasteiger partial charge on any atom is 0.224 e. The maximum absolute atomic E-state index is 11.6. The minimum absolute atomic E-state index is 0. The number of hydrogen-bond donors (Lipinski definition) is 2. The monoisotopic (exact) mass is 305 g/mol. The smallest absolute Gasteiger partial charge is 0.224 e. The van der Waals surface area contributed by atoms with Gasteiger partial charge in [-0.2, -0.15) is 0 Å². The third-order valence-electron chi connectivity index (χ3n) is 2.61. The Bertz CT molecular complexity index is 531. The van der Waals surface area contributed by atoms with E-state index in [0.717, 1.165) is 5.65 Å². The van der Waals surface area contributed by atoms with E-state index in [1.807, 2.05) is 28.8 Å². The molecule has 1 amide bonds. The SMILES string of the molecule is CC(CN)C(=O)NCc1nnc2ccccn12.Cl.Cl. The molecule has 3 N–H and O–H groups in total. The zero-order valence-electron chi connectivity index (χ0n) is 10.4. The van der Waals surface area contributed by atoms with Crippen molar-refractivity contribution in [2.24, 2.45) is 11.7 Å². The van der Waals surface area contributed by atoms with Crippen LogP contribution in [0.5, 0.6) is 0 Å². The van der Waals surface area contributed by atoms with E-state index in [4.69, 9.17) is 5.73 Å². The molecule has 0 aromatic carbocycles. The topological polar surface area (TPSA) is 85.3 Å². The van der Waals surface area contributed by atoms with Gasteiger partial charge in [0, 0.05) is 18.7 Å². The van der Waals surface area contributed by atoms with Crippen molar-refractivity contribution in [3.05, 3.63) is 30.2 Å². The normalized spacial score (nSPS) is 11.3. The second kappa shape index (κ2) is 7.93. The van der Waals surface area contributed by atoms with Crippen molar-refractivity contribution in [1.29, 1.82) is 0 Å². The number of halogens is 2. The third-order valence-corrected chi connectivity index (χ3v) is 2.61. The lowest BCUT2D eigenvalue weighted by Crippen LogP contribution is -2.33. The fourth-order valence-corrected chi connectivity index (χ4v) is 1.46. The Labute approximate surface area is 123 Å². The molecule has 0 radical (unpaired) electrons.